The van der Waals surface area contributed by atoms with Gasteiger partial charge < -0.3 is 21.5 Å². The van der Waals surface area contributed by atoms with Gasteiger partial charge in [-0.1, -0.05) is 6.92 Å². The lowest BCUT2D eigenvalue weighted by molar-refractivity contribution is -0.119. The highest BCUT2D eigenvalue weighted by molar-refractivity contribution is 5.96. The fraction of sp³-hybridized carbons (Fsp3) is 0.429. The van der Waals surface area contributed by atoms with Crippen molar-refractivity contribution in [3.05, 3.63) is 29.8 Å². The fourth-order valence-corrected chi connectivity index (χ4v) is 1.62. The zero-order chi connectivity index (χ0) is 15.0. The van der Waals surface area contributed by atoms with Crippen LogP contribution >= 0.6 is 0 Å². The van der Waals surface area contributed by atoms with Crippen LogP contribution in [0.15, 0.2) is 24.3 Å². The number of anilines is 1. The maximum atomic E-state index is 11.8. The third-order valence-electron chi connectivity index (χ3n) is 2.86. The van der Waals surface area contributed by atoms with E-state index in [4.69, 9.17) is 10.8 Å². The van der Waals surface area contributed by atoms with E-state index in [1.165, 1.54) is 0 Å². The summed E-state index contributed by atoms with van der Waals surface area (Å²) in [6.45, 7) is 2.41. The molecule has 0 aliphatic rings. The fourth-order valence-electron chi connectivity index (χ4n) is 1.62. The van der Waals surface area contributed by atoms with Gasteiger partial charge in [-0.3, -0.25) is 9.59 Å². The molecule has 1 rings (SSSR count). The number of aliphatic hydroxyl groups is 1. The van der Waals surface area contributed by atoms with Gasteiger partial charge >= 0.3 is 0 Å². The number of benzene rings is 1. The Balaban J connectivity index is 2.58. The highest BCUT2D eigenvalue weighted by Crippen LogP contribution is 2.12. The molecule has 20 heavy (non-hydrogen) atoms. The Kier molecular flexibility index (Phi) is 6.69. The van der Waals surface area contributed by atoms with E-state index in [1.807, 2.05) is 6.92 Å². The molecule has 0 aromatic heterocycles. The lowest BCUT2D eigenvalue weighted by Gasteiger charge is -2.11. The minimum atomic E-state index is -0.256. The van der Waals surface area contributed by atoms with E-state index in [0.29, 0.717) is 24.2 Å². The second kappa shape index (κ2) is 8.29. The second-order valence-corrected chi connectivity index (χ2v) is 4.52. The van der Waals surface area contributed by atoms with E-state index >= 15 is 0 Å². The summed E-state index contributed by atoms with van der Waals surface area (Å²) in [6.07, 6.45) is 0.632. The van der Waals surface area contributed by atoms with Crippen LogP contribution in [-0.2, 0) is 4.79 Å². The zero-order valence-corrected chi connectivity index (χ0v) is 11.6. The number of rotatable bonds is 7. The first kappa shape index (κ1) is 16.1. The molecule has 1 aromatic rings. The molecule has 0 heterocycles. The standard InChI is InChI=1S/C14H21N3O3/c1-10(6-7-15)13(19)17-12-4-2-11(3-5-12)14(20)16-8-9-18/h2-5,10,18H,6-9,15H2,1H3,(H,16,20)(H,17,19). The Hall–Kier alpha value is -1.92. The molecule has 6 heteroatoms. The van der Waals surface area contributed by atoms with E-state index in [9.17, 15) is 9.59 Å². The number of nitrogens with one attached hydrogen (secondary N) is 2. The van der Waals surface area contributed by atoms with Crippen LogP contribution in [0.2, 0.25) is 0 Å². The molecule has 1 atom stereocenters. The van der Waals surface area contributed by atoms with Gasteiger partial charge in [0.1, 0.15) is 0 Å². The minimum absolute atomic E-state index is 0.0899. The Morgan fingerprint density at radius 1 is 1.30 bits per heavy atom. The van der Waals surface area contributed by atoms with Crippen LogP contribution in [0.25, 0.3) is 0 Å². The summed E-state index contributed by atoms with van der Waals surface area (Å²) in [5.74, 6) is -0.492. The third-order valence-corrected chi connectivity index (χ3v) is 2.86. The van der Waals surface area contributed by atoms with Crippen LogP contribution in [-0.4, -0.2) is 36.6 Å². The van der Waals surface area contributed by atoms with Crippen molar-refractivity contribution in [3.63, 3.8) is 0 Å². The normalized spacial score (nSPS) is 11.8. The van der Waals surface area contributed by atoms with Gasteiger partial charge in [0, 0.05) is 23.7 Å². The monoisotopic (exact) mass is 279 g/mol. The van der Waals surface area contributed by atoms with Crippen LogP contribution in [0, 0.1) is 5.92 Å². The van der Waals surface area contributed by atoms with Crippen molar-refractivity contribution in [2.24, 2.45) is 11.7 Å². The molecule has 0 aliphatic heterocycles. The molecule has 5 N–H and O–H groups in total. The van der Waals surface area contributed by atoms with Gasteiger partial charge in [0.15, 0.2) is 0 Å². The van der Waals surface area contributed by atoms with Crippen molar-refractivity contribution in [3.8, 4) is 0 Å². The number of carbonyl (C=O) groups excluding carboxylic acids is 2. The first-order valence-corrected chi connectivity index (χ1v) is 6.58. The van der Waals surface area contributed by atoms with Crippen LogP contribution in [0.5, 0.6) is 0 Å². The molecule has 0 saturated carbocycles. The predicted molar refractivity (Wildman–Crippen MR) is 77.3 cm³/mol. The topological polar surface area (TPSA) is 104 Å². The number of nitrogens with two attached hydrogens (primary N) is 1. The number of amides is 2. The number of carbonyl (C=O) groups is 2. The minimum Gasteiger partial charge on any atom is -0.395 e. The Morgan fingerprint density at radius 3 is 2.50 bits per heavy atom. The maximum absolute atomic E-state index is 11.8. The van der Waals surface area contributed by atoms with Crippen molar-refractivity contribution in [2.45, 2.75) is 13.3 Å². The molecule has 6 nitrogen and oxygen atoms in total. The SMILES string of the molecule is CC(CCN)C(=O)Nc1ccc(C(=O)NCCO)cc1. The highest BCUT2D eigenvalue weighted by Gasteiger charge is 2.12. The zero-order valence-electron chi connectivity index (χ0n) is 11.6. The molecular formula is C14H21N3O3. The van der Waals surface area contributed by atoms with Gasteiger partial charge in [0.2, 0.25) is 5.91 Å². The number of aliphatic hydroxyl groups excluding tert-OH is 1. The van der Waals surface area contributed by atoms with E-state index in [-0.39, 0.29) is 30.9 Å². The first-order chi connectivity index (χ1) is 9.58. The summed E-state index contributed by atoms with van der Waals surface area (Å²) in [6, 6.07) is 6.58. The summed E-state index contributed by atoms with van der Waals surface area (Å²) in [4.78, 5) is 23.4. The average molecular weight is 279 g/mol. The van der Waals surface area contributed by atoms with Crippen molar-refractivity contribution in [2.75, 3.05) is 25.0 Å². The van der Waals surface area contributed by atoms with Crippen LogP contribution in [0.3, 0.4) is 0 Å². The molecular weight excluding hydrogens is 258 g/mol. The summed E-state index contributed by atoms with van der Waals surface area (Å²) < 4.78 is 0. The maximum Gasteiger partial charge on any atom is 0.251 e. The van der Waals surface area contributed by atoms with Crippen molar-refractivity contribution in [1.82, 2.24) is 5.32 Å². The molecule has 0 radical (unpaired) electrons. The summed E-state index contributed by atoms with van der Waals surface area (Å²) in [5, 5.41) is 14.0. The molecule has 1 aromatic carbocycles. The third kappa shape index (κ3) is 4.99. The smallest absolute Gasteiger partial charge is 0.251 e. The van der Waals surface area contributed by atoms with Crippen molar-refractivity contribution < 1.29 is 14.7 Å². The van der Waals surface area contributed by atoms with Gasteiger partial charge in [0.25, 0.3) is 5.91 Å². The van der Waals surface area contributed by atoms with Crippen LogP contribution in [0.4, 0.5) is 5.69 Å². The summed E-state index contributed by atoms with van der Waals surface area (Å²) >= 11 is 0. The molecule has 0 fully saturated rings. The molecule has 110 valence electrons. The molecule has 0 spiro atoms. The quantitative estimate of drug-likeness (QED) is 0.577. The van der Waals surface area contributed by atoms with Gasteiger partial charge in [-0.2, -0.15) is 0 Å². The predicted octanol–water partition coefficient (Wildman–Crippen LogP) is 0.332. The van der Waals surface area contributed by atoms with Crippen molar-refractivity contribution >= 4 is 17.5 Å². The van der Waals surface area contributed by atoms with Crippen molar-refractivity contribution in [1.29, 1.82) is 0 Å². The van der Waals surface area contributed by atoms with Crippen LogP contribution < -0.4 is 16.4 Å². The summed E-state index contributed by atoms with van der Waals surface area (Å²) in [7, 11) is 0. The molecule has 0 aliphatic carbocycles. The number of hydrogen-bond acceptors (Lipinski definition) is 4. The lowest BCUT2D eigenvalue weighted by atomic mass is 10.1. The van der Waals surface area contributed by atoms with Gasteiger partial charge in [-0.05, 0) is 37.2 Å². The van der Waals surface area contributed by atoms with Gasteiger partial charge in [0.05, 0.1) is 6.61 Å². The first-order valence-electron chi connectivity index (χ1n) is 6.58. The van der Waals surface area contributed by atoms with E-state index in [0.717, 1.165) is 0 Å². The Bertz CT molecular complexity index is 445. The second-order valence-electron chi connectivity index (χ2n) is 4.52. The molecule has 0 bridgehead atoms. The molecule has 1 unspecified atom stereocenters. The highest BCUT2D eigenvalue weighted by atomic mass is 16.3. The largest absolute Gasteiger partial charge is 0.395 e. The lowest BCUT2D eigenvalue weighted by Crippen LogP contribution is -2.26. The summed E-state index contributed by atoms with van der Waals surface area (Å²) in [5.41, 5.74) is 6.53. The molecule has 2 amide bonds. The molecule has 0 saturated heterocycles. The van der Waals surface area contributed by atoms with Crippen LogP contribution in [0.1, 0.15) is 23.7 Å². The van der Waals surface area contributed by atoms with E-state index in [2.05, 4.69) is 10.6 Å². The van der Waals surface area contributed by atoms with Gasteiger partial charge in [-0.25, -0.2) is 0 Å². The number of hydrogen-bond donors (Lipinski definition) is 4. The Morgan fingerprint density at radius 2 is 1.95 bits per heavy atom. The van der Waals surface area contributed by atoms with E-state index in [1.54, 1.807) is 24.3 Å². The van der Waals surface area contributed by atoms with Gasteiger partial charge in [-0.15, -0.1) is 0 Å². The Labute approximate surface area is 118 Å². The average Bonchev–Trinajstić information content (AvgIpc) is 2.45. The van der Waals surface area contributed by atoms with E-state index < -0.39 is 0 Å².